The number of aromatic nitrogens is 12. The molecule has 3 aliphatic heterocycles. The predicted molar refractivity (Wildman–Crippen MR) is 255 cm³/mol. The van der Waals surface area contributed by atoms with Crippen LogP contribution in [-0.4, -0.2) is 182 Å². The highest BCUT2D eigenvalue weighted by atomic mass is 31.3. The lowest BCUT2D eigenvalue weighted by Gasteiger charge is -2.26. The number of aromatic amines is 2. The fraction of sp³-hybridized carbons (Fsp3) is 0.545. The van der Waals surface area contributed by atoms with E-state index in [4.69, 9.17) is 59.0 Å². The van der Waals surface area contributed by atoms with Crippen LogP contribution >= 0.6 is 39.1 Å². The van der Waals surface area contributed by atoms with E-state index >= 15 is 0 Å². The molecule has 0 saturated carbocycles. The highest BCUT2D eigenvalue weighted by Gasteiger charge is 2.54. The molecule has 3 fully saturated rings. The number of imidazole rings is 3. The lowest BCUT2D eigenvalue weighted by atomic mass is 10.1. The van der Waals surface area contributed by atoms with E-state index in [2.05, 4.69) is 52.8 Å². The molecule has 80 heavy (non-hydrogen) atoms. The molecule has 3 saturated heterocycles. The molecule has 0 aromatic carbocycles. The third-order valence-corrected chi connectivity index (χ3v) is 18.9. The summed E-state index contributed by atoms with van der Waals surface area (Å²) in [5, 5.41) is 32.8. The summed E-state index contributed by atoms with van der Waals surface area (Å²) in [6.45, 7) is -3.44. The van der Waals surface area contributed by atoms with Crippen LogP contribution in [0.25, 0.3) is 33.5 Å². The first-order valence-electron chi connectivity index (χ1n) is 22.3. The number of aryl methyl sites for hydroxylation is 1. The van der Waals surface area contributed by atoms with Crippen molar-refractivity contribution in [2.24, 2.45) is 7.05 Å². The first-order chi connectivity index (χ1) is 37.4. The lowest BCUT2D eigenvalue weighted by molar-refractivity contribution is -0.745. The standard InChI is InChI=1S/C33H46N15O27P5/c1-45-10-48(26-16(45)28(53)44-33(36)42-26)30-19(51)20(64-2)12(70-30)5-67-77(56,57)73-79(60,61)75-80(62,63)74-78(58,59)68-6-13-21(22(65-3)31(71-13)46-8-39-14-23(34)37-7-38-24(14)46)72-76(54,55)66-4-11-17(49)18(50)29(69-11)47-9-40-15-25(47)41-32(35)43-27(15)52/h7-13,17-22,29-31,49-51H,4-6H2,1-3H3,(H12-,34,35,36,37,38,41,42,43,44,52,53,54,55,56,57,58,59,60,61,62,63)/p+1/t11-,12-,13-,17?,18+,19?,20+,21?,22+,29-,30-,31-/m1/s1. The highest BCUT2D eigenvalue weighted by molar-refractivity contribution is 7.69. The van der Waals surface area contributed by atoms with Gasteiger partial charge in [0, 0.05) is 14.2 Å². The van der Waals surface area contributed by atoms with Crippen LogP contribution in [0, 0.1) is 0 Å². The minimum Gasteiger partial charge on any atom is -0.387 e. The zero-order chi connectivity index (χ0) is 58.2. The van der Waals surface area contributed by atoms with Crippen LogP contribution in [0.15, 0.2) is 34.9 Å². The molecule has 440 valence electrons. The van der Waals surface area contributed by atoms with Gasteiger partial charge in [-0.05, 0) is 0 Å². The summed E-state index contributed by atoms with van der Waals surface area (Å²) in [5.41, 5.74) is 15.4. The fourth-order valence-corrected chi connectivity index (χ4v) is 14.6. The number of phosphoric ester groups is 3. The third kappa shape index (κ3) is 12.2. The van der Waals surface area contributed by atoms with Crippen LogP contribution in [0.5, 0.6) is 0 Å². The van der Waals surface area contributed by atoms with Gasteiger partial charge in [0.15, 0.2) is 41.4 Å². The van der Waals surface area contributed by atoms with Crippen LogP contribution in [0.1, 0.15) is 18.7 Å². The number of anilines is 3. The number of phosphoric acid groups is 5. The van der Waals surface area contributed by atoms with Crippen molar-refractivity contribution in [3.05, 3.63) is 46.0 Å². The lowest BCUT2D eigenvalue weighted by Crippen LogP contribution is -2.46. The predicted octanol–water partition coefficient (Wildman–Crippen LogP) is -3.94. The Hall–Kier alpha value is -5.00. The molecule has 6 aromatic heterocycles. The quantitative estimate of drug-likeness (QED) is 0.0228. The van der Waals surface area contributed by atoms with Crippen molar-refractivity contribution in [2.45, 2.75) is 73.6 Å². The van der Waals surface area contributed by atoms with Crippen molar-refractivity contribution < 1.29 is 122 Å². The average Bonchev–Trinajstić information content (AvgIpc) is 4.38. The molecule has 0 bridgehead atoms. The fourth-order valence-electron chi connectivity index (χ4n) is 8.71. The van der Waals surface area contributed by atoms with Gasteiger partial charge >= 0.3 is 44.8 Å². The maximum Gasteiger partial charge on any atom is 0.490 e. The zero-order valence-corrected chi connectivity index (χ0v) is 45.1. The Kier molecular flexibility index (Phi) is 16.6. The Morgan fingerprint density at radius 1 is 0.625 bits per heavy atom. The number of aliphatic hydroxyl groups excluding tert-OH is 3. The minimum absolute atomic E-state index is 0.00594. The molecule has 6 aromatic rings. The number of fused-ring (bicyclic) bond motifs is 3. The van der Waals surface area contributed by atoms with Gasteiger partial charge in [-0.25, -0.2) is 47.3 Å². The number of hydrogen-bond donors (Lipinski definition) is 13. The van der Waals surface area contributed by atoms with Crippen molar-refractivity contribution in [3.8, 4) is 0 Å². The summed E-state index contributed by atoms with van der Waals surface area (Å²) in [5.74, 6) is -0.743. The number of hydrogen-bond acceptors (Lipinski definition) is 31. The maximum atomic E-state index is 13.7. The van der Waals surface area contributed by atoms with Crippen molar-refractivity contribution in [2.75, 3.05) is 51.2 Å². The molecule has 17 atom stereocenters. The van der Waals surface area contributed by atoms with E-state index in [0.29, 0.717) is 0 Å². The summed E-state index contributed by atoms with van der Waals surface area (Å²) in [7, 11) is -26.7. The number of rotatable bonds is 22. The second-order valence-electron chi connectivity index (χ2n) is 17.2. The monoisotopic (exact) mass is 1240 g/mol. The first kappa shape index (κ1) is 59.6. The number of methoxy groups -OCH3 is 2. The van der Waals surface area contributed by atoms with Gasteiger partial charge in [-0.1, -0.05) is 4.98 Å². The SMILES string of the molecule is CO[C@@H]1C(O)[C@H]([n+]2cn(C)c3c(=O)[nH]c(N)nc32)O[C@@H]1COP(=O)(O)OP(=O)(O)OP(=O)(O)OP(=O)(O)OC[C@H]1O[C@@H](n2cnc3c(N)ncnc32)[C@@H](OC)C1OP(=O)(O)OC[C@H]1O[C@@H](n2cnc3c(=O)[nH]c(N)nc32)[C@@H](O)C1O. The molecule has 3 aliphatic rings. The van der Waals surface area contributed by atoms with Gasteiger partial charge in [0.05, 0.1) is 39.5 Å². The van der Waals surface area contributed by atoms with Crippen LogP contribution < -0.4 is 32.9 Å². The van der Waals surface area contributed by atoms with Crippen LogP contribution in [0.2, 0.25) is 0 Å². The van der Waals surface area contributed by atoms with Crippen molar-refractivity contribution in [1.29, 1.82) is 0 Å². The van der Waals surface area contributed by atoms with Gasteiger partial charge < -0.3 is 80.7 Å². The molecular weight excluding hydrogens is 1190 g/mol. The summed E-state index contributed by atoms with van der Waals surface area (Å²) in [4.78, 5) is 106. The van der Waals surface area contributed by atoms with Gasteiger partial charge in [-0.2, -0.15) is 17.9 Å². The number of nitrogen functional groups attached to an aromatic ring is 3. The third-order valence-electron chi connectivity index (χ3n) is 12.0. The number of nitrogens with two attached hydrogens (primary N) is 3. The van der Waals surface area contributed by atoms with E-state index in [1.54, 1.807) is 0 Å². The van der Waals surface area contributed by atoms with Gasteiger partial charge in [-0.3, -0.25) is 51.4 Å². The Labute approximate surface area is 442 Å². The molecule has 42 nitrogen and oxygen atoms in total. The normalized spacial score (nSPS) is 30.1. The number of H-pyrrole nitrogens is 2. The molecule has 0 radical (unpaired) electrons. The van der Waals surface area contributed by atoms with E-state index in [0.717, 1.165) is 42.3 Å². The van der Waals surface area contributed by atoms with E-state index in [9.17, 15) is 72.2 Å². The van der Waals surface area contributed by atoms with Crippen molar-refractivity contribution >= 4 is 90.3 Å². The largest absolute Gasteiger partial charge is 0.490 e. The molecule has 47 heteroatoms. The van der Waals surface area contributed by atoms with Gasteiger partial charge in [-0.15, -0.1) is 0 Å². The van der Waals surface area contributed by atoms with E-state index < -0.39 is 144 Å². The number of nitrogens with one attached hydrogen (secondary N) is 2. The van der Waals surface area contributed by atoms with Gasteiger partial charge in [0.1, 0.15) is 66.8 Å². The Morgan fingerprint density at radius 3 is 1.80 bits per heavy atom. The molecule has 9 rings (SSSR count). The first-order valence-corrected chi connectivity index (χ1v) is 29.8. The molecule has 16 N–H and O–H groups in total. The Bertz CT molecular complexity index is 3690. The van der Waals surface area contributed by atoms with E-state index in [-0.39, 0.29) is 51.2 Å². The highest BCUT2D eigenvalue weighted by Crippen LogP contribution is 2.71. The van der Waals surface area contributed by atoms with Crippen LogP contribution in [0.4, 0.5) is 17.7 Å². The van der Waals surface area contributed by atoms with Gasteiger partial charge in [0.2, 0.25) is 17.7 Å². The van der Waals surface area contributed by atoms with E-state index in [1.165, 1.54) is 22.5 Å². The summed E-state index contributed by atoms with van der Waals surface area (Å²) >= 11 is 0. The second-order valence-corrected chi connectivity index (χ2v) is 24.9. The Balaban J connectivity index is 0.849. The van der Waals surface area contributed by atoms with E-state index in [1.807, 2.05) is 0 Å². The minimum atomic E-state index is -6.44. The smallest absolute Gasteiger partial charge is 0.387 e. The summed E-state index contributed by atoms with van der Waals surface area (Å²) in [6, 6.07) is 0. The Morgan fingerprint density at radius 2 is 1.16 bits per heavy atom. The molecule has 9 heterocycles. The topological polar surface area (TPSA) is 598 Å². The molecule has 0 aliphatic carbocycles. The molecule has 0 amide bonds. The van der Waals surface area contributed by atoms with Crippen LogP contribution in [0.3, 0.4) is 0 Å². The van der Waals surface area contributed by atoms with Gasteiger partial charge in [0.25, 0.3) is 17.1 Å². The molecule has 0 spiro atoms. The van der Waals surface area contributed by atoms with Crippen LogP contribution in [-0.2, 0) is 84.6 Å². The molecular formula is C33H47N15O27P5+. The summed E-state index contributed by atoms with van der Waals surface area (Å²) < 4.78 is 131. The number of ether oxygens (including phenoxy) is 5. The second kappa shape index (κ2) is 22.3. The number of nitrogens with zero attached hydrogens (tertiary/aromatic N) is 10. The van der Waals surface area contributed by atoms with Crippen molar-refractivity contribution in [3.63, 3.8) is 0 Å². The zero-order valence-electron chi connectivity index (χ0n) is 40.6. The van der Waals surface area contributed by atoms with Crippen molar-refractivity contribution in [1.82, 2.24) is 53.6 Å². The summed E-state index contributed by atoms with van der Waals surface area (Å²) in [6.07, 6.45) is -15.2. The average molecular weight is 1240 g/mol. The number of aliphatic hydroxyl groups is 3. The molecule has 8 unspecified atom stereocenters. The maximum absolute atomic E-state index is 13.7.